The van der Waals surface area contributed by atoms with Crippen LogP contribution in [0.5, 0.6) is 0 Å². The highest BCUT2D eigenvalue weighted by atomic mass is 16.3. The molecule has 4 amide bonds. The Bertz CT molecular complexity index is 819. The zero-order chi connectivity index (χ0) is 19.4. The van der Waals surface area contributed by atoms with Gasteiger partial charge in [-0.1, -0.05) is 43.7 Å². The van der Waals surface area contributed by atoms with Gasteiger partial charge in [-0.3, -0.25) is 14.5 Å². The van der Waals surface area contributed by atoms with E-state index >= 15 is 0 Å². The number of carbonyl (C=O) groups is 3. The minimum atomic E-state index is -1.12. The lowest BCUT2D eigenvalue weighted by Crippen LogP contribution is -2.45. The van der Waals surface area contributed by atoms with Crippen LogP contribution in [0.3, 0.4) is 0 Å². The number of hydrogen-bond donors (Lipinski definition) is 2. The molecule has 2 N–H and O–H groups in total. The van der Waals surface area contributed by atoms with Crippen molar-refractivity contribution in [2.24, 2.45) is 0 Å². The quantitative estimate of drug-likeness (QED) is 0.734. The normalized spacial score (nSPS) is 20.4. The van der Waals surface area contributed by atoms with Crippen molar-refractivity contribution in [1.82, 2.24) is 15.5 Å². The molecule has 27 heavy (non-hydrogen) atoms. The molecular weight excluding hydrogens is 346 g/mol. The van der Waals surface area contributed by atoms with Gasteiger partial charge in [-0.2, -0.15) is 0 Å². The van der Waals surface area contributed by atoms with Crippen molar-refractivity contribution in [3.63, 3.8) is 0 Å². The van der Waals surface area contributed by atoms with E-state index in [1.165, 1.54) is 6.26 Å². The van der Waals surface area contributed by atoms with Crippen LogP contribution in [-0.4, -0.2) is 29.3 Å². The molecule has 2 aromatic rings. The molecule has 2 atom stereocenters. The maximum absolute atomic E-state index is 13.1. The van der Waals surface area contributed by atoms with Gasteiger partial charge in [-0.05, 0) is 31.0 Å². The third kappa shape index (κ3) is 3.58. The number of nitrogens with one attached hydrogen (secondary N) is 2. The van der Waals surface area contributed by atoms with Gasteiger partial charge in [0, 0.05) is 0 Å². The molecule has 7 heteroatoms. The first-order chi connectivity index (χ1) is 13.0. The Morgan fingerprint density at radius 1 is 1.22 bits per heavy atom. The predicted molar refractivity (Wildman–Crippen MR) is 98.5 cm³/mol. The van der Waals surface area contributed by atoms with Crippen molar-refractivity contribution in [2.45, 2.75) is 38.3 Å². The Morgan fingerprint density at radius 3 is 2.59 bits per heavy atom. The van der Waals surface area contributed by atoms with E-state index in [-0.39, 0.29) is 12.6 Å². The smallest absolute Gasteiger partial charge is 0.325 e. The molecule has 1 aromatic heterocycles. The summed E-state index contributed by atoms with van der Waals surface area (Å²) < 4.78 is 5.26. The number of urea groups is 1. The summed E-state index contributed by atoms with van der Waals surface area (Å²) in [4.78, 5) is 39.0. The first-order valence-corrected chi connectivity index (χ1v) is 9.00. The second kappa shape index (κ2) is 7.65. The molecule has 0 aliphatic carbocycles. The lowest BCUT2D eigenvalue weighted by Gasteiger charge is -2.27. The topological polar surface area (TPSA) is 91.7 Å². The van der Waals surface area contributed by atoms with Crippen LogP contribution in [0.4, 0.5) is 4.79 Å². The van der Waals surface area contributed by atoms with Gasteiger partial charge in [-0.15, -0.1) is 0 Å². The van der Waals surface area contributed by atoms with E-state index in [2.05, 4.69) is 10.6 Å². The average molecular weight is 369 g/mol. The molecule has 2 heterocycles. The van der Waals surface area contributed by atoms with Crippen molar-refractivity contribution >= 4 is 17.8 Å². The van der Waals surface area contributed by atoms with Gasteiger partial charge < -0.3 is 15.1 Å². The average Bonchev–Trinajstić information content (AvgIpc) is 3.27. The second-order valence-corrected chi connectivity index (χ2v) is 6.65. The van der Waals surface area contributed by atoms with Crippen LogP contribution in [0.1, 0.15) is 44.1 Å². The number of hydrogen-bond acceptors (Lipinski definition) is 4. The molecule has 1 aliphatic rings. The van der Waals surface area contributed by atoms with Gasteiger partial charge in [0.05, 0.1) is 12.3 Å². The van der Waals surface area contributed by atoms with Crippen LogP contribution in [0.15, 0.2) is 53.1 Å². The summed E-state index contributed by atoms with van der Waals surface area (Å²) in [6.45, 7) is 3.38. The predicted octanol–water partition coefficient (Wildman–Crippen LogP) is 2.70. The molecule has 0 spiro atoms. The summed E-state index contributed by atoms with van der Waals surface area (Å²) in [5, 5.41) is 5.55. The first-order valence-electron chi connectivity index (χ1n) is 9.00. The molecule has 2 unspecified atom stereocenters. The molecule has 0 saturated carbocycles. The fraction of sp³-hybridized carbons (Fsp3) is 0.350. The Hall–Kier alpha value is -3.09. The molecule has 142 valence electrons. The van der Waals surface area contributed by atoms with Crippen molar-refractivity contribution in [3.05, 3.63) is 60.1 Å². The molecule has 7 nitrogen and oxygen atoms in total. The number of carbonyl (C=O) groups excluding carboxylic acids is 3. The molecule has 1 aromatic carbocycles. The van der Waals surface area contributed by atoms with E-state index < -0.39 is 23.4 Å². The van der Waals surface area contributed by atoms with Crippen molar-refractivity contribution in [3.8, 4) is 0 Å². The lowest BCUT2D eigenvalue weighted by atomic mass is 9.85. The molecule has 3 rings (SSSR count). The zero-order valence-electron chi connectivity index (χ0n) is 15.4. The van der Waals surface area contributed by atoms with Crippen molar-refractivity contribution < 1.29 is 18.8 Å². The first kappa shape index (κ1) is 18.7. The minimum absolute atomic E-state index is 0.339. The van der Waals surface area contributed by atoms with Crippen LogP contribution in [0, 0.1) is 0 Å². The minimum Gasteiger partial charge on any atom is -0.467 e. The van der Waals surface area contributed by atoms with Crippen LogP contribution < -0.4 is 10.6 Å². The van der Waals surface area contributed by atoms with E-state index in [4.69, 9.17) is 4.42 Å². The highest BCUT2D eigenvalue weighted by Crippen LogP contribution is 2.33. The summed E-state index contributed by atoms with van der Waals surface area (Å²) >= 11 is 0. The summed E-state index contributed by atoms with van der Waals surface area (Å²) in [6, 6.07) is 11.7. The maximum Gasteiger partial charge on any atom is 0.325 e. The van der Waals surface area contributed by atoms with E-state index in [9.17, 15) is 14.4 Å². The third-order valence-corrected chi connectivity index (χ3v) is 4.72. The number of benzene rings is 1. The summed E-state index contributed by atoms with van der Waals surface area (Å²) in [5.74, 6) is -0.228. The van der Waals surface area contributed by atoms with E-state index in [0.29, 0.717) is 18.6 Å². The Morgan fingerprint density at radius 2 is 1.96 bits per heavy atom. The van der Waals surface area contributed by atoms with Crippen molar-refractivity contribution in [1.29, 1.82) is 0 Å². The summed E-state index contributed by atoms with van der Waals surface area (Å²) in [6.07, 6.45) is 2.69. The highest BCUT2D eigenvalue weighted by Gasteiger charge is 2.52. The summed E-state index contributed by atoms with van der Waals surface area (Å²) in [7, 11) is 0. The van der Waals surface area contributed by atoms with Gasteiger partial charge in [0.25, 0.3) is 5.91 Å². The lowest BCUT2D eigenvalue weighted by molar-refractivity contribution is -0.135. The van der Waals surface area contributed by atoms with Gasteiger partial charge in [0.2, 0.25) is 5.91 Å². The fourth-order valence-corrected chi connectivity index (χ4v) is 3.42. The van der Waals surface area contributed by atoms with Crippen molar-refractivity contribution in [2.75, 3.05) is 6.54 Å². The second-order valence-electron chi connectivity index (χ2n) is 6.65. The number of imide groups is 1. The van der Waals surface area contributed by atoms with Gasteiger partial charge in [-0.25, -0.2) is 4.79 Å². The van der Waals surface area contributed by atoms with Crippen LogP contribution >= 0.6 is 0 Å². The molecule has 0 radical (unpaired) electrons. The molecule has 1 aliphatic heterocycles. The number of rotatable bonds is 7. The maximum atomic E-state index is 13.1. The Kier molecular flexibility index (Phi) is 5.30. The fourth-order valence-electron chi connectivity index (χ4n) is 3.42. The number of furan rings is 1. The van der Waals surface area contributed by atoms with Crippen LogP contribution in [-0.2, 0) is 15.1 Å². The van der Waals surface area contributed by atoms with Gasteiger partial charge >= 0.3 is 6.03 Å². The number of nitrogens with zero attached hydrogens (tertiary/aromatic N) is 1. The Balaban J connectivity index is 1.76. The van der Waals surface area contributed by atoms with E-state index in [1.54, 1.807) is 19.1 Å². The largest absolute Gasteiger partial charge is 0.467 e. The van der Waals surface area contributed by atoms with Gasteiger partial charge in [0.1, 0.15) is 17.8 Å². The Labute approximate surface area is 157 Å². The molecule has 1 fully saturated rings. The SMILES string of the molecule is CCCC1(c2ccccc2)NC(=O)N(CC(=O)NC(C)c2ccco2)C1=O. The van der Waals surface area contributed by atoms with Crippen LogP contribution in [0.2, 0.25) is 0 Å². The van der Waals surface area contributed by atoms with Gasteiger partial charge in [0.15, 0.2) is 0 Å². The van der Waals surface area contributed by atoms with E-state index in [0.717, 1.165) is 10.5 Å². The highest BCUT2D eigenvalue weighted by molar-refractivity contribution is 6.09. The monoisotopic (exact) mass is 369 g/mol. The third-order valence-electron chi connectivity index (χ3n) is 4.72. The summed E-state index contributed by atoms with van der Waals surface area (Å²) in [5.41, 5.74) is -0.405. The van der Waals surface area contributed by atoms with E-state index in [1.807, 2.05) is 37.3 Å². The number of amides is 4. The van der Waals surface area contributed by atoms with Crippen LogP contribution in [0.25, 0.3) is 0 Å². The standard InChI is InChI=1S/C20H23N3O4/c1-3-11-20(15-8-5-4-6-9-15)18(25)23(19(26)22-20)13-17(24)21-14(2)16-10-7-12-27-16/h4-10,12,14H,3,11,13H2,1-2H3,(H,21,24)(H,22,26). The molecular formula is C20H23N3O4. The molecule has 1 saturated heterocycles. The molecule has 0 bridgehead atoms. The zero-order valence-corrected chi connectivity index (χ0v) is 15.4.